The first-order chi connectivity index (χ1) is 9.70. The summed E-state index contributed by atoms with van der Waals surface area (Å²) >= 11 is 0. The van der Waals surface area contributed by atoms with Gasteiger partial charge in [0.15, 0.2) is 0 Å². The maximum atomic E-state index is 12.5. The number of carbonyl (C=O) groups is 1. The van der Waals surface area contributed by atoms with Crippen LogP contribution in [0.25, 0.3) is 0 Å². The summed E-state index contributed by atoms with van der Waals surface area (Å²) in [6.45, 7) is 4.45. The fraction of sp³-hybridized carbons (Fsp3) is 0.562. The molecule has 1 amide bonds. The van der Waals surface area contributed by atoms with E-state index in [9.17, 15) is 4.79 Å². The third-order valence-electron chi connectivity index (χ3n) is 4.22. The number of amides is 1. The second-order valence-electron chi connectivity index (χ2n) is 5.45. The van der Waals surface area contributed by atoms with Crippen molar-refractivity contribution >= 4 is 5.91 Å². The summed E-state index contributed by atoms with van der Waals surface area (Å²) in [4.78, 5) is 12.5. The largest absolute Gasteiger partial charge is 0.497 e. The van der Waals surface area contributed by atoms with E-state index in [0.717, 1.165) is 43.7 Å². The molecule has 1 aliphatic rings. The van der Waals surface area contributed by atoms with Crippen LogP contribution in [0.5, 0.6) is 5.75 Å². The molecule has 1 unspecified atom stereocenters. The Labute approximate surface area is 120 Å². The standard InChI is InChI=1S/C16H24N2O2/c1-3-16(8-5-9-17-12-16)15(19)18-11-13-6-4-7-14(10-13)20-2/h4,6-7,10,17H,3,5,8-9,11-12H2,1-2H3,(H,18,19). The van der Waals surface area contributed by atoms with Gasteiger partial charge < -0.3 is 15.4 Å². The van der Waals surface area contributed by atoms with E-state index in [-0.39, 0.29) is 11.3 Å². The smallest absolute Gasteiger partial charge is 0.227 e. The van der Waals surface area contributed by atoms with Gasteiger partial charge in [-0.3, -0.25) is 4.79 Å². The zero-order valence-electron chi connectivity index (χ0n) is 12.4. The highest BCUT2D eigenvalue weighted by atomic mass is 16.5. The molecule has 1 aliphatic heterocycles. The van der Waals surface area contributed by atoms with Crippen molar-refractivity contribution in [3.63, 3.8) is 0 Å². The number of rotatable bonds is 5. The van der Waals surface area contributed by atoms with Gasteiger partial charge in [-0.2, -0.15) is 0 Å². The van der Waals surface area contributed by atoms with Crippen LogP contribution in [0.2, 0.25) is 0 Å². The van der Waals surface area contributed by atoms with Crippen LogP contribution in [0.15, 0.2) is 24.3 Å². The molecular weight excluding hydrogens is 252 g/mol. The van der Waals surface area contributed by atoms with Crippen LogP contribution in [0.3, 0.4) is 0 Å². The van der Waals surface area contributed by atoms with E-state index in [0.29, 0.717) is 6.54 Å². The lowest BCUT2D eigenvalue weighted by Crippen LogP contribution is -2.50. The van der Waals surface area contributed by atoms with E-state index >= 15 is 0 Å². The Morgan fingerprint density at radius 3 is 3.00 bits per heavy atom. The third kappa shape index (κ3) is 3.31. The van der Waals surface area contributed by atoms with E-state index < -0.39 is 0 Å². The number of hydrogen-bond donors (Lipinski definition) is 2. The molecule has 1 saturated heterocycles. The van der Waals surface area contributed by atoms with Crippen molar-refractivity contribution in [1.29, 1.82) is 0 Å². The lowest BCUT2D eigenvalue weighted by Gasteiger charge is -2.35. The Morgan fingerprint density at radius 2 is 2.35 bits per heavy atom. The molecule has 1 fully saturated rings. The van der Waals surface area contributed by atoms with Crippen molar-refractivity contribution in [3.8, 4) is 5.75 Å². The summed E-state index contributed by atoms with van der Waals surface area (Å²) in [6, 6.07) is 7.81. The fourth-order valence-electron chi connectivity index (χ4n) is 2.78. The predicted molar refractivity (Wildman–Crippen MR) is 79.7 cm³/mol. The van der Waals surface area contributed by atoms with Gasteiger partial charge in [-0.15, -0.1) is 0 Å². The molecule has 1 aromatic rings. The van der Waals surface area contributed by atoms with E-state index in [4.69, 9.17) is 4.74 Å². The maximum absolute atomic E-state index is 12.5. The van der Waals surface area contributed by atoms with Crippen molar-refractivity contribution in [3.05, 3.63) is 29.8 Å². The molecule has 1 heterocycles. The number of benzene rings is 1. The van der Waals surface area contributed by atoms with Crippen LogP contribution in [0.1, 0.15) is 31.7 Å². The SMILES string of the molecule is CCC1(C(=O)NCc2cccc(OC)c2)CCCNC1. The molecule has 1 aromatic carbocycles. The highest BCUT2D eigenvalue weighted by Gasteiger charge is 2.37. The van der Waals surface area contributed by atoms with Crippen molar-refractivity contribution in [2.75, 3.05) is 20.2 Å². The molecule has 0 spiro atoms. The van der Waals surface area contributed by atoms with E-state index in [1.54, 1.807) is 7.11 Å². The molecule has 0 saturated carbocycles. The van der Waals surface area contributed by atoms with E-state index in [1.807, 2.05) is 24.3 Å². The summed E-state index contributed by atoms with van der Waals surface area (Å²) < 4.78 is 5.20. The van der Waals surface area contributed by atoms with Gasteiger partial charge in [0.1, 0.15) is 5.75 Å². The monoisotopic (exact) mass is 276 g/mol. The molecule has 110 valence electrons. The molecule has 2 N–H and O–H groups in total. The molecule has 2 rings (SSSR count). The molecule has 1 atom stereocenters. The molecule has 4 heteroatoms. The van der Waals surface area contributed by atoms with Crippen LogP contribution >= 0.6 is 0 Å². The normalized spacial score (nSPS) is 22.3. The lowest BCUT2D eigenvalue weighted by atomic mass is 9.77. The number of piperidine rings is 1. The molecule has 0 aliphatic carbocycles. The Morgan fingerprint density at radius 1 is 1.50 bits per heavy atom. The van der Waals surface area contributed by atoms with Crippen molar-refractivity contribution in [2.24, 2.45) is 5.41 Å². The Kier molecular flexibility index (Phi) is 5.01. The Bertz CT molecular complexity index is 454. The van der Waals surface area contributed by atoms with Crippen LogP contribution < -0.4 is 15.4 Å². The number of hydrogen-bond acceptors (Lipinski definition) is 3. The minimum Gasteiger partial charge on any atom is -0.497 e. The zero-order chi connectivity index (χ0) is 14.4. The maximum Gasteiger partial charge on any atom is 0.227 e. The highest BCUT2D eigenvalue weighted by Crippen LogP contribution is 2.30. The van der Waals surface area contributed by atoms with Gasteiger partial charge in [-0.1, -0.05) is 19.1 Å². The van der Waals surface area contributed by atoms with Crippen molar-refractivity contribution < 1.29 is 9.53 Å². The first kappa shape index (κ1) is 14.9. The Balaban J connectivity index is 1.96. The van der Waals surface area contributed by atoms with Crippen molar-refractivity contribution in [1.82, 2.24) is 10.6 Å². The van der Waals surface area contributed by atoms with Gasteiger partial charge in [0.2, 0.25) is 5.91 Å². The van der Waals surface area contributed by atoms with Crippen LogP contribution in [0, 0.1) is 5.41 Å². The van der Waals surface area contributed by atoms with Gasteiger partial charge in [0.05, 0.1) is 12.5 Å². The number of ether oxygens (including phenoxy) is 1. The molecular formula is C16H24N2O2. The van der Waals surface area contributed by atoms with E-state index in [1.165, 1.54) is 0 Å². The van der Waals surface area contributed by atoms with Gasteiger partial charge in [-0.25, -0.2) is 0 Å². The number of carbonyl (C=O) groups excluding carboxylic acids is 1. The minimum absolute atomic E-state index is 0.162. The first-order valence-electron chi connectivity index (χ1n) is 7.32. The first-order valence-corrected chi connectivity index (χ1v) is 7.32. The summed E-state index contributed by atoms with van der Waals surface area (Å²) in [7, 11) is 1.65. The van der Waals surface area contributed by atoms with Crippen LogP contribution in [-0.2, 0) is 11.3 Å². The Hall–Kier alpha value is -1.55. The number of nitrogens with one attached hydrogen (secondary N) is 2. The fourth-order valence-corrected chi connectivity index (χ4v) is 2.78. The molecule has 20 heavy (non-hydrogen) atoms. The molecule has 0 radical (unpaired) electrons. The van der Waals surface area contributed by atoms with Gasteiger partial charge in [0.25, 0.3) is 0 Å². The second kappa shape index (κ2) is 6.75. The summed E-state index contributed by atoms with van der Waals surface area (Å²) in [5.41, 5.74) is 0.824. The molecule has 0 bridgehead atoms. The van der Waals surface area contributed by atoms with Gasteiger partial charge in [-0.05, 0) is 43.5 Å². The topological polar surface area (TPSA) is 50.4 Å². The minimum atomic E-state index is -0.239. The average molecular weight is 276 g/mol. The van der Waals surface area contributed by atoms with E-state index in [2.05, 4.69) is 17.6 Å². The number of methoxy groups -OCH3 is 1. The quantitative estimate of drug-likeness (QED) is 0.866. The van der Waals surface area contributed by atoms with Crippen LogP contribution in [-0.4, -0.2) is 26.1 Å². The summed E-state index contributed by atoms with van der Waals surface area (Å²) in [6.07, 6.45) is 2.92. The third-order valence-corrected chi connectivity index (χ3v) is 4.22. The van der Waals surface area contributed by atoms with Crippen LogP contribution in [0.4, 0.5) is 0 Å². The summed E-state index contributed by atoms with van der Waals surface area (Å²) in [5.74, 6) is 0.983. The average Bonchev–Trinajstić information content (AvgIpc) is 2.53. The highest BCUT2D eigenvalue weighted by molar-refractivity contribution is 5.83. The summed E-state index contributed by atoms with van der Waals surface area (Å²) in [5, 5.41) is 6.42. The second-order valence-corrected chi connectivity index (χ2v) is 5.45. The zero-order valence-corrected chi connectivity index (χ0v) is 12.4. The predicted octanol–water partition coefficient (Wildman–Crippen LogP) is 2.09. The lowest BCUT2D eigenvalue weighted by molar-refractivity contribution is -0.132. The molecule has 0 aromatic heterocycles. The molecule has 4 nitrogen and oxygen atoms in total. The van der Waals surface area contributed by atoms with Gasteiger partial charge >= 0.3 is 0 Å². The van der Waals surface area contributed by atoms with Gasteiger partial charge in [0, 0.05) is 13.1 Å². The van der Waals surface area contributed by atoms with Crippen molar-refractivity contribution in [2.45, 2.75) is 32.7 Å².